The van der Waals surface area contributed by atoms with E-state index in [-0.39, 0.29) is 17.6 Å². The third-order valence-corrected chi connectivity index (χ3v) is 6.16. The Balaban J connectivity index is 1.55. The zero-order chi connectivity index (χ0) is 23.1. The highest BCUT2D eigenvalue weighted by Crippen LogP contribution is 2.31. The molecular formula is C23H31N5O3S. The van der Waals surface area contributed by atoms with Crippen LogP contribution < -0.4 is 16.0 Å². The number of likely N-dealkylation sites (N-methyl/N-ethyl adjacent to an activating group) is 1. The summed E-state index contributed by atoms with van der Waals surface area (Å²) in [6, 6.07) is 5.07. The van der Waals surface area contributed by atoms with Crippen molar-refractivity contribution < 1.29 is 14.4 Å². The van der Waals surface area contributed by atoms with Crippen LogP contribution in [0, 0.1) is 12.8 Å². The molecular weight excluding hydrogens is 426 g/mol. The minimum atomic E-state index is -0.436. The van der Waals surface area contributed by atoms with Crippen LogP contribution in [0.25, 0.3) is 0 Å². The Morgan fingerprint density at radius 3 is 2.62 bits per heavy atom. The Morgan fingerprint density at radius 2 is 1.91 bits per heavy atom. The van der Waals surface area contributed by atoms with Crippen molar-refractivity contribution in [3.63, 3.8) is 0 Å². The number of hydrogen-bond donors (Lipinski definition) is 3. The van der Waals surface area contributed by atoms with Crippen molar-refractivity contribution >= 4 is 39.9 Å². The van der Waals surface area contributed by atoms with E-state index in [4.69, 9.17) is 0 Å². The van der Waals surface area contributed by atoms with Gasteiger partial charge in [0, 0.05) is 29.8 Å². The number of nitrogens with one attached hydrogen (secondary N) is 3. The summed E-state index contributed by atoms with van der Waals surface area (Å²) in [6.45, 7) is 2.77. The Bertz CT molecular complexity index is 966. The lowest BCUT2D eigenvalue weighted by atomic mass is 9.94. The van der Waals surface area contributed by atoms with Crippen LogP contribution in [0.15, 0.2) is 23.6 Å². The first-order valence-electron chi connectivity index (χ1n) is 10.9. The Hall–Kier alpha value is -2.78. The summed E-state index contributed by atoms with van der Waals surface area (Å²) in [5.74, 6) is 0.110. The maximum atomic E-state index is 13.0. The van der Waals surface area contributed by atoms with Gasteiger partial charge in [0.25, 0.3) is 0 Å². The second-order valence-corrected chi connectivity index (χ2v) is 9.31. The highest BCUT2D eigenvalue weighted by atomic mass is 32.1. The van der Waals surface area contributed by atoms with E-state index in [0.717, 1.165) is 36.9 Å². The van der Waals surface area contributed by atoms with E-state index in [2.05, 4.69) is 20.9 Å². The number of rotatable bonds is 9. The lowest BCUT2D eigenvalue weighted by molar-refractivity contribution is -0.121. The molecule has 1 aromatic carbocycles. The predicted molar refractivity (Wildman–Crippen MR) is 127 cm³/mol. The number of aryl methyl sites for hydroxylation is 1. The fraction of sp³-hybridized carbons (Fsp3) is 0.478. The van der Waals surface area contributed by atoms with Gasteiger partial charge in [-0.3, -0.25) is 14.9 Å². The zero-order valence-electron chi connectivity index (χ0n) is 18.9. The summed E-state index contributed by atoms with van der Waals surface area (Å²) >= 11 is 1.32. The number of carbonyl (C=O) groups excluding carboxylic acids is 3. The molecule has 1 aliphatic rings. The van der Waals surface area contributed by atoms with Crippen LogP contribution >= 0.6 is 11.3 Å². The van der Waals surface area contributed by atoms with E-state index < -0.39 is 6.03 Å². The fourth-order valence-corrected chi connectivity index (χ4v) is 4.52. The van der Waals surface area contributed by atoms with Crippen LogP contribution in [-0.4, -0.2) is 54.8 Å². The van der Waals surface area contributed by atoms with Gasteiger partial charge >= 0.3 is 6.03 Å². The van der Waals surface area contributed by atoms with Crippen molar-refractivity contribution in [2.24, 2.45) is 5.92 Å². The van der Waals surface area contributed by atoms with Gasteiger partial charge in [-0.2, -0.15) is 0 Å². The van der Waals surface area contributed by atoms with Gasteiger partial charge in [0.1, 0.15) is 0 Å². The second kappa shape index (κ2) is 11.2. The smallest absolute Gasteiger partial charge is 0.325 e. The third kappa shape index (κ3) is 6.86. The molecule has 2 aromatic rings. The fourth-order valence-electron chi connectivity index (χ4n) is 3.78. The molecule has 1 aliphatic carbocycles. The summed E-state index contributed by atoms with van der Waals surface area (Å²) in [7, 11) is 3.68. The zero-order valence-corrected chi connectivity index (χ0v) is 19.7. The first kappa shape index (κ1) is 23.9. The van der Waals surface area contributed by atoms with Crippen molar-refractivity contribution in [1.82, 2.24) is 15.2 Å². The molecule has 0 radical (unpaired) electrons. The van der Waals surface area contributed by atoms with Crippen LogP contribution in [0.4, 0.5) is 15.6 Å². The van der Waals surface area contributed by atoms with Gasteiger partial charge in [-0.25, -0.2) is 9.78 Å². The number of nitrogens with zero attached hydrogens (tertiary/aromatic N) is 2. The molecule has 172 valence electrons. The van der Waals surface area contributed by atoms with Crippen LogP contribution in [-0.2, 0) is 11.2 Å². The van der Waals surface area contributed by atoms with Gasteiger partial charge < -0.3 is 15.5 Å². The number of benzene rings is 1. The summed E-state index contributed by atoms with van der Waals surface area (Å²) in [5.41, 5.74) is 2.87. The molecule has 0 saturated heterocycles. The van der Waals surface area contributed by atoms with Crippen molar-refractivity contribution in [2.45, 2.75) is 39.0 Å². The maximum Gasteiger partial charge on any atom is 0.325 e. The average Bonchev–Trinajstić information content (AvgIpc) is 3.40. The molecule has 0 atom stereocenters. The standard InChI is InChI=1S/C23H31N5O3S/c1-15-8-9-19(18(12-15)21(30)16-6-4-5-7-16)26-22(31)27-23-25-17(14-32-23)10-11-24-20(29)13-28(2)3/h8-9,12,14,16H,4-7,10-11,13H2,1-3H3,(H,24,29)(H2,25,26,27,31). The van der Waals surface area contributed by atoms with Gasteiger partial charge in [0.2, 0.25) is 5.91 Å². The topological polar surface area (TPSA) is 103 Å². The van der Waals surface area contributed by atoms with E-state index in [1.54, 1.807) is 11.0 Å². The average molecular weight is 458 g/mol. The summed E-state index contributed by atoms with van der Waals surface area (Å²) in [5, 5.41) is 10.7. The summed E-state index contributed by atoms with van der Waals surface area (Å²) in [4.78, 5) is 43.4. The molecule has 3 N–H and O–H groups in total. The molecule has 0 bridgehead atoms. The quantitative estimate of drug-likeness (QED) is 0.498. The molecule has 1 aromatic heterocycles. The minimum absolute atomic E-state index is 0.0380. The second-order valence-electron chi connectivity index (χ2n) is 8.46. The van der Waals surface area contributed by atoms with E-state index in [1.807, 2.05) is 38.5 Å². The number of aromatic nitrogens is 1. The first-order chi connectivity index (χ1) is 15.3. The number of anilines is 2. The van der Waals surface area contributed by atoms with Crippen molar-refractivity contribution in [3.8, 4) is 0 Å². The summed E-state index contributed by atoms with van der Waals surface area (Å²) in [6.07, 6.45) is 4.57. The van der Waals surface area contributed by atoms with E-state index in [0.29, 0.717) is 35.9 Å². The molecule has 8 nitrogen and oxygen atoms in total. The summed E-state index contributed by atoms with van der Waals surface area (Å²) < 4.78 is 0. The van der Waals surface area contributed by atoms with Gasteiger partial charge in [0.05, 0.1) is 17.9 Å². The van der Waals surface area contributed by atoms with Crippen molar-refractivity contribution in [3.05, 3.63) is 40.4 Å². The SMILES string of the molecule is Cc1ccc(NC(=O)Nc2nc(CCNC(=O)CN(C)C)cs2)c(C(=O)C2CCCC2)c1. The van der Waals surface area contributed by atoms with Crippen LogP contribution in [0.3, 0.4) is 0 Å². The normalized spacial score (nSPS) is 13.9. The largest absolute Gasteiger partial charge is 0.355 e. The highest BCUT2D eigenvalue weighted by molar-refractivity contribution is 7.13. The van der Waals surface area contributed by atoms with Gasteiger partial charge in [-0.15, -0.1) is 11.3 Å². The number of amides is 3. The minimum Gasteiger partial charge on any atom is -0.355 e. The number of ketones is 1. The molecule has 0 spiro atoms. The number of hydrogen-bond acceptors (Lipinski definition) is 6. The maximum absolute atomic E-state index is 13.0. The van der Waals surface area contributed by atoms with E-state index in [9.17, 15) is 14.4 Å². The molecule has 0 unspecified atom stereocenters. The molecule has 1 heterocycles. The Kier molecular flexibility index (Phi) is 8.35. The van der Waals surface area contributed by atoms with Gasteiger partial charge in [-0.05, 0) is 46.0 Å². The molecule has 1 fully saturated rings. The van der Waals surface area contributed by atoms with E-state index in [1.165, 1.54) is 11.3 Å². The van der Waals surface area contributed by atoms with Gasteiger partial charge in [-0.1, -0.05) is 24.5 Å². The monoisotopic (exact) mass is 457 g/mol. The first-order valence-corrected chi connectivity index (χ1v) is 11.8. The van der Waals surface area contributed by atoms with Crippen molar-refractivity contribution in [2.75, 3.05) is 37.8 Å². The molecule has 32 heavy (non-hydrogen) atoms. The Labute approximate surface area is 192 Å². The van der Waals surface area contributed by atoms with E-state index >= 15 is 0 Å². The molecule has 3 rings (SSSR count). The number of Topliss-reactive ketones (excluding diaryl/α,β-unsaturated/α-hetero) is 1. The molecule has 1 saturated carbocycles. The number of urea groups is 1. The Morgan fingerprint density at radius 1 is 1.16 bits per heavy atom. The lowest BCUT2D eigenvalue weighted by Crippen LogP contribution is -2.34. The predicted octanol–water partition coefficient (Wildman–Crippen LogP) is 3.69. The van der Waals surface area contributed by atoms with Crippen LogP contribution in [0.1, 0.15) is 47.3 Å². The molecule has 9 heteroatoms. The van der Waals surface area contributed by atoms with Gasteiger partial charge in [0.15, 0.2) is 10.9 Å². The number of carbonyl (C=O) groups is 3. The molecule has 3 amide bonds. The van der Waals surface area contributed by atoms with Crippen LogP contribution in [0.5, 0.6) is 0 Å². The lowest BCUT2D eigenvalue weighted by Gasteiger charge is -2.14. The highest BCUT2D eigenvalue weighted by Gasteiger charge is 2.26. The third-order valence-electron chi connectivity index (χ3n) is 5.35. The van der Waals surface area contributed by atoms with Crippen molar-refractivity contribution in [1.29, 1.82) is 0 Å². The van der Waals surface area contributed by atoms with Crippen LogP contribution in [0.2, 0.25) is 0 Å². The molecule has 0 aliphatic heterocycles. The number of thiazole rings is 1.